The highest BCUT2D eigenvalue weighted by atomic mass is 19.1. The lowest BCUT2D eigenvalue weighted by molar-refractivity contribution is 0.110. The van der Waals surface area contributed by atoms with Gasteiger partial charge in [0.15, 0.2) is 0 Å². The first-order valence-electron chi connectivity index (χ1n) is 8.00. The number of carbonyl (C=O) groups excluding carboxylic acids is 1. The summed E-state index contributed by atoms with van der Waals surface area (Å²) in [5.41, 5.74) is 1.07. The first-order valence-corrected chi connectivity index (χ1v) is 8.00. The molecule has 2 rings (SSSR count). The topological polar surface area (TPSA) is 52.6 Å². The molecule has 2 N–H and O–H groups in total. The van der Waals surface area contributed by atoms with Gasteiger partial charge in [0, 0.05) is 6.54 Å². The van der Waals surface area contributed by atoms with E-state index in [4.69, 9.17) is 0 Å². The molecule has 2 amide bonds. The van der Waals surface area contributed by atoms with E-state index in [1.165, 1.54) is 12.1 Å². The second-order valence-corrected chi connectivity index (χ2v) is 6.02. The van der Waals surface area contributed by atoms with Gasteiger partial charge in [0.1, 0.15) is 5.82 Å². The Morgan fingerprint density at radius 1 is 1.12 bits per heavy atom. The molecule has 0 saturated heterocycles. The van der Waals surface area contributed by atoms with E-state index >= 15 is 0 Å². The van der Waals surface area contributed by atoms with Crippen LogP contribution in [0.3, 0.4) is 0 Å². The number of hydrogen-bond acceptors (Lipinski definition) is 2. The highest BCUT2D eigenvalue weighted by Crippen LogP contribution is 2.18. The molecule has 0 saturated carbocycles. The van der Waals surface area contributed by atoms with Crippen molar-refractivity contribution >= 4 is 11.7 Å². The minimum atomic E-state index is -0.490. The van der Waals surface area contributed by atoms with Gasteiger partial charge in [-0.2, -0.15) is 0 Å². The molecule has 1 unspecified atom stereocenters. The molecule has 4 nitrogen and oxygen atoms in total. The number of halogens is 1. The molecule has 2 aromatic rings. The van der Waals surface area contributed by atoms with Crippen LogP contribution in [0.4, 0.5) is 14.9 Å². The molecule has 0 spiro atoms. The number of aliphatic hydroxyl groups excluding tert-OH is 1. The van der Waals surface area contributed by atoms with Crippen LogP contribution in [0.2, 0.25) is 0 Å². The standard InChI is InChI=1S/C19H23FN2O2/c1-14(2)18(13-23)22(12-15-8-4-3-5-9-15)19(24)21-17-11-7-6-10-16(17)20/h3-11,14,18,23H,12-13H2,1-2H3,(H,21,24). The summed E-state index contributed by atoms with van der Waals surface area (Å²) in [6, 6.07) is 14.8. The number of rotatable bonds is 6. The van der Waals surface area contributed by atoms with Crippen LogP contribution in [0.25, 0.3) is 0 Å². The van der Waals surface area contributed by atoms with Crippen molar-refractivity contribution in [1.29, 1.82) is 0 Å². The van der Waals surface area contributed by atoms with Gasteiger partial charge in [0.05, 0.1) is 18.3 Å². The smallest absolute Gasteiger partial charge is 0.322 e. The van der Waals surface area contributed by atoms with Crippen LogP contribution in [0.5, 0.6) is 0 Å². The largest absolute Gasteiger partial charge is 0.394 e. The van der Waals surface area contributed by atoms with Crippen molar-refractivity contribution in [3.05, 3.63) is 66.0 Å². The summed E-state index contributed by atoms with van der Waals surface area (Å²) < 4.78 is 13.8. The van der Waals surface area contributed by atoms with Crippen LogP contribution in [0.1, 0.15) is 19.4 Å². The molecule has 0 radical (unpaired) electrons. The predicted octanol–water partition coefficient (Wildman–Crippen LogP) is 3.88. The van der Waals surface area contributed by atoms with Crippen LogP contribution in [-0.4, -0.2) is 28.7 Å². The van der Waals surface area contributed by atoms with E-state index in [9.17, 15) is 14.3 Å². The van der Waals surface area contributed by atoms with Crippen LogP contribution in [0, 0.1) is 11.7 Å². The number of anilines is 1. The van der Waals surface area contributed by atoms with Gasteiger partial charge in [-0.3, -0.25) is 0 Å². The first kappa shape index (κ1) is 17.9. The molecule has 0 aliphatic carbocycles. The summed E-state index contributed by atoms with van der Waals surface area (Å²) in [6.07, 6.45) is 0. The Morgan fingerprint density at radius 2 is 1.75 bits per heavy atom. The van der Waals surface area contributed by atoms with Gasteiger partial charge in [-0.1, -0.05) is 56.3 Å². The monoisotopic (exact) mass is 330 g/mol. The minimum absolute atomic E-state index is 0.0603. The lowest BCUT2D eigenvalue weighted by Gasteiger charge is -2.33. The minimum Gasteiger partial charge on any atom is -0.394 e. The zero-order valence-corrected chi connectivity index (χ0v) is 13.9. The molecule has 0 aliphatic rings. The summed E-state index contributed by atoms with van der Waals surface area (Å²) >= 11 is 0. The quantitative estimate of drug-likeness (QED) is 0.844. The fraction of sp³-hybridized carbons (Fsp3) is 0.316. The third kappa shape index (κ3) is 4.55. The maximum Gasteiger partial charge on any atom is 0.322 e. The van der Waals surface area contributed by atoms with Gasteiger partial charge < -0.3 is 15.3 Å². The average molecular weight is 330 g/mol. The Hall–Kier alpha value is -2.40. The summed E-state index contributed by atoms with van der Waals surface area (Å²) in [6.45, 7) is 4.06. The maximum atomic E-state index is 13.8. The summed E-state index contributed by atoms with van der Waals surface area (Å²) in [7, 11) is 0. The van der Waals surface area contributed by atoms with Crippen LogP contribution >= 0.6 is 0 Å². The summed E-state index contributed by atoms with van der Waals surface area (Å²) in [5, 5.41) is 12.3. The number of urea groups is 1. The molecule has 0 fully saturated rings. The Kier molecular flexibility index (Phi) is 6.32. The van der Waals surface area contributed by atoms with Crippen molar-refractivity contribution in [2.75, 3.05) is 11.9 Å². The predicted molar refractivity (Wildman–Crippen MR) is 93.1 cm³/mol. The molecular weight excluding hydrogens is 307 g/mol. The Bertz CT molecular complexity index is 661. The van der Waals surface area contributed by atoms with E-state index in [0.717, 1.165) is 5.56 Å². The van der Waals surface area contributed by atoms with E-state index in [2.05, 4.69) is 5.32 Å². The molecule has 0 aromatic heterocycles. The Morgan fingerprint density at radius 3 is 2.33 bits per heavy atom. The van der Waals surface area contributed by atoms with Crippen LogP contribution in [-0.2, 0) is 6.54 Å². The molecule has 128 valence electrons. The number of aliphatic hydroxyl groups is 1. The van der Waals surface area contributed by atoms with E-state index in [1.807, 2.05) is 44.2 Å². The molecule has 0 bridgehead atoms. The third-order valence-corrected chi connectivity index (χ3v) is 3.93. The molecule has 2 aromatic carbocycles. The third-order valence-electron chi connectivity index (χ3n) is 3.93. The first-order chi connectivity index (χ1) is 11.5. The second-order valence-electron chi connectivity index (χ2n) is 6.02. The maximum absolute atomic E-state index is 13.8. The van der Waals surface area contributed by atoms with E-state index in [-0.39, 0.29) is 24.3 Å². The van der Waals surface area contributed by atoms with Gasteiger partial charge in [-0.15, -0.1) is 0 Å². The molecule has 1 atom stereocenters. The van der Waals surface area contributed by atoms with Gasteiger partial charge in [-0.05, 0) is 23.6 Å². The van der Waals surface area contributed by atoms with Gasteiger partial charge in [-0.25, -0.2) is 9.18 Å². The van der Waals surface area contributed by atoms with Gasteiger partial charge in [0.25, 0.3) is 0 Å². The highest BCUT2D eigenvalue weighted by molar-refractivity contribution is 5.89. The number of carbonyl (C=O) groups is 1. The second kappa shape index (κ2) is 8.45. The van der Waals surface area contributed by atoms with E-state index < -0.39 is 11.8 Å². The van der Waals surface area contributed by atoms with Crippen molar-refractivity contribution < 1.29 is 14.3 Å². The van der Waals surface area contributed by atoms with Crippen LogP contribution < -0.4 is 5.32 Å². The van der Waals surface area contributed by atoms with Crippen molar-refractivity contribution in [2.24, 2.45) is 5.92 Å². The molecular formula is C19H23FN2O2. The van der Waals surface area contributed by atoms with Gasteiger partial charge >= 0.3 is 6.03 Å². The van der Waals surface area contributed by atoms with Crippen molar-refractivity contribution in [1.82, 2.24) is 4.90 Å². The Labute approximate surface area is 141 Å². The average Bonchev–Trinajstić information content (AvgIpc) is 2.57. The SMILES string of the molecule is CC(C)C(CO)N(Cc1ccccc1)C(=O)Nc1ccccc1F. The lowest BCUT2D eigenvalue weighted by Crippen LogP contribution is -2.47. The van der Waals surface area contributed by atoms with Gasteiger partial charge in [0.2, 0.25) is 0 Å². The number of amides is 2. The lowest BCUT2D eigenvalue weighted by atomic mass is 10.0. The molecule has 0 aliphatic heterocycles. The summed E-state index contributed by atoms with van der Waals surface area (Å²) in [5.74, 6) is -0.430. The molecule has 24 heavy (non-hydrogen) atoms. The zero-order valence-electron chi connectivity index (χ0n) is 13.9. The van der Waals surface area contributed by atoms with E-state index in [0.29, 0.717) is 6.54 Å². The van der Waals surface area contributed by atoms with Crippen molar-refractivity contribution in [3.63, 3.8) is 0 Å². The fourth-order valence-corrected chi connectivity index (χ4v) is 2.54. The summed E-state index contributed by atoms with van der Waals surface area (Å²) in [4.78, 5) is 14.3. The van der Waals surface area contributed by atoms with E-state index in [1.54, 1.807) is 17.0 Å². The zero-order chi connectivity index (χ0) is 17.5. The molecule has 5 heteroatoms. The number of hydrogen-bond donors (Lipinski definition) is 2. The Balaban J connectivity index is 2.24. The highest BCUT2D eigenvalue weighted by Gasteiger charge is 2.26. The number of nitrogens with zero attached hydrogens (tertiary/aromatic N) is 1. The molecule has 0 heterocycles. The normalized spacial score (nSPS) is 12.0. The number of para-hydroxylation sites is 1. The van der Waals surface area contributed by atoms with Crippen LogP contribution in [0.15, 0.2) is 54.6 Å². The number of nitrogens with one attached hydrogen (secondary N) is 1. The number of benzene rings is 2. The van der Waals surface area contributed by atoms with Crippen molar-refractivity contribution in [3.8, 4) is 0 Å². The fourth-order valence-electron chi connectivity index (χ4n) is 2.54. The van der Waals surface area contributed by atoms with Crippen molar-refractivity contribution in [2.45, 2.75) is 26.4 Å².